The Kier molecular flexibility index (Phi) is 4.53. The number of benzene rings is 1. The van der Waals surface area contributed by atoms with Gasteiger partial charge in [0, 0.05) is 30.3 Å². The maximum absolute atomic E-state index is 6.18. The van der Waals surface area contributed by atoms with Gasteiger partial charge >= 0.3 is 0 Å². The third kappa shape index (κ3) is 3.55. The number of hydrogen-bond acceptors (Lipinski definition) is 2. The highest BCUT2D eigenvalue weighted by Gasteiger charge is 2.06. The molecule has 3 nitrogen and oxygen atoms in total. The Bertz CT molecular complexity index is 813. The summed E-state index contributed by atoms with van der Waals surface area (Å²) in [5.74, 6) is 6.17. The van der Waals surface area contributed by atoms with Gasteiger partial charge in [-0.2, -0.15) is 5.10 Å². The minimum Gasteiger partial charge on any atom is -0.282 e. The molecule has 108 valence electrons. The van der Waals surface area contributed by atoms with E-state index in [0.29, 0.717) is 5.02 Å². The van der Waals surface area contributed by atoms with E-state index in [1.165, 1.54) is 0 Å². The summed E-state index contributed by atoms with van der Waals surface area (Å²) in [7, 11) is 0. The summed E-state index contributed by atoms with van der Waals surface area (Å²) in [5.41, 5.74) is 3.64. The van der Waals surface area contributed by atoms with Gasteiger partial charge in [-0.05, 0) is 30.2 Å². The monoisotopic (exact) mass is 307 g/mol. The van der Waals surface area contributed by atoms with Crippen LogP contribution in [0.5, 0.6) is 0 Å². The molecule has 2 heterocycles. The number of rotatable bonds is 3. The summed E-state index contributed by atoms with van der Waals surface area (Å²) in [6.45, 7) is 0. The Morgan fingerprint density at radius 2 is 1.95 bits per heavy atom. The van der Waals surface area contributed by atoms with Gasteiger partial charge in [0.1, 0.15) is 5.69 Å². The highest BCUT2D eigenvalue weighted by molar-refractivity contribution is 6.33. The first kappa shape index (κ1) is 14.4. The average molecular weight is 308 g/mol. The molecule has 1 N–H and O–H groups in total. The lowest BCUT2D eigenvalue weighted by atomic mass is 10.1. The SMILES string of the molecule is Clc1ccccc1-c1cc(CCC#Cc2ccccn2)[nH]n1. The molecule has 1 aromatic carbocycles. The third-order valence-corrected chi connectivity index (χ3v) is 3.51. The van der Waals surface area contributed by atoms with E-state index in [-0.39, 0.29) is 0 Å². The van der Waals surface area contributed by atoms with Gasteiger partial charge in [0.05, 0.1) is 10.7 Å². The molecule has 0 radical (unpaired) electrons. The van der Waals surface area contributed by atoms with Crippen molar-refractivity contribution in [3.05, 3.63) is 71.1 Å². The fraction of sp³-hybridized carbons (Fsp3) is 0.111. The summed E-state index contributed by atoms with van der Waals surface area (Å²) < 4.78 is 0. The highest BCUT2D eigenvalue weighted by Crippen LogP contribution is 2.26. The van der Waals surface area contributed by atoms with E-state index in [9.17, 15) is 0 Å². The number of aromatic nitrogens is 3. The molecule has 0 spiro atoms. The van der Waals surface area contributed by atoms with Crippen molar-refractivity contribution >= 4 is 11.6 Å². The van der Waals surface area contributed by atoms with E-state index >= 15 is 0 Å². The van der Waals surface area contributed by atoms with Gasteiger partial charge in [-0.3, -0.25) is 5.10 Å². The van der Waals surface area contributed by atoms with Crippen LogP contribution in [0.2, 0.25) is 5.02 Å². The maximum Gasteiger partial charge on any atom is 0.113 e. The molecule has 0 saturated carbocycles. The standard InChI is InChI=1S/C18H14ClN3/c19-17-11-4-3-10-16(17)18-13-15(21-22-18)9-2-1-7-14-8-5-6-12-20-14/h3-6,8,10-13H,2,9H2,(H,21,22). The van der Waals surface area contributed by atoms with Crippen LogP contribution in [0, 0.1) is 11.8 Å². The number of pyridine rings is 1. The normalized spacial score (nSPS) is 10.0. The molecule has 0 aliphatic carbocycles. The van der Waals surface area contributed by atoms with E-state index in [0.717, 1.165) is 35.5 Å². The number of aryl methyl sites for hydroxylation is 1. The van der Waals surface area contributed by atoms with Crippen LogP contribution in [0.4, 0.5) is 0 Å². The summed E-state index contributed by atoms with van der Waals surface area (Å²) in [6, 6.07) is 15.4. The summed E-state index contributed by atoms with van der Waals surface area (Å²) >= 11 is 6.18. The van der Waals surface area contributed by atoms with Crippen LogP contribution in [-0.2, 0) is 6.42 Å². The Hall–Kier alpha value is -2.57. The summed E-state index contributed by atoms with van der Waals surface area (Å²) in [4.78, 5) is 4.17. The molecule has 2 aromatic heterocycles. The second-order valence-corrected chi connectivity index (χ2v) is 5.18. The molecule has 0 aliphatic rings. The number of aromatic amines is 1. The first-order valence-electron chi connectivity index (χ1n) is 7.02. The van der Waals surface area contributed by atoms with Crippen LogP contribution in [-0.4, -0.2) is 15.2 Å². The van der Waals surface area contributed by atoms with Crippen molar-refractivity contribution in [2.45, 2.75) is 12.8 Å². The zero-order valence-electron chi connectivity index (χ0n) is 11.9. The number of nitrogens with zero attached hydrogens (tertiary/aromatic N) is 2. The van der Waals surface area contributed by atoms with Gasteiger partial charge in [0.15, 0.2) is 0 Å². The Morgan fingerprint density at radius 3 is 2.77 bits per heavy atom. The largest absolute Gasteiger partial charge is 0.282 e. The van der Waals surface area contributed by atoms with Crippen molar-refractivity contribution in [3.63, 3.8) is 0 Å². The molecule has 0 aliphatic heterocycles. The smallest absolute Gasteiger partial charge is 0.113 e. The molecule has 0 bridgehead atoms. The van der Waals surface area contributed by atoms with Gasteiger partial charge in [0.2, 0.25) is 0 Å². The second-order valence-electron chi connectivity index (χ2n) is 4.78. The van der Waals surface area contributed by atoms with Crippen molar-refractivity contribution < 1.29 is 0 Å². The van der Waals surface area contributed by atoms with E-state index in [1.807, 2.05) is 48.5 Å². The van der Waals surface area contributed by atoms with Crippen molar-refractivity contribution in [2.24, 2.45) is 0 Å². The molecule has 0 amide bonds. The molecule has 22 heavy (non-hydrogen) atoms. The molecule has 0 saturated heterocycles. The first-order chi connectivity index (χ1) is 10.8. The molecule has 0 atom stereocenters. The zero-order valence-corrected chi connectivity index (χ0v) is 12.6. The maximum atomic E-state index is 6.18. The van der Waals surface area contributed by atoms with Crippen LogP contribution >= 0.6 is 11.6 Å². The molecule has 4 heteroatoms. The predicted molar refractivity (Wildman–Crippen MR) is 88.5 cm³/mol. The van der Waals surface area contributed by atoms with Gasteiger partial charge in [0.25, 0.3) is 0 Å². The zero-order chi connectivity index (χ0) is 15.2. The molecule has 0 fully saturated rings. The number of H-pyrrole nitrogens is 1. The number of nitrogens with one attached hydrogen (secondary N) is 1. The quantitative estimate of drug-likeness (QED) is 0.740. The molecular formula is C18H14ClN3. The lowest BCUT2D eigenvalue weighted by Gasteiger charge is -1.97. The first-order valence-corrected chi connectivity index (χ1v) is 7.40. The van der Waals surface area contributed by atoms with E-state index in [4.69, 9.17) is 11.6 Å². The number of hydrogen-bond donors (Lipinski definition) is 1. The fourth-order valence-electron chi connectivity index (χ4n) is 2.08. The predicted octanol–water partition coefficient (Wildman–Crippen LogP) is 4.11. The lowest BCUT2D eigenvalue weighted by Crippen LogP contribution is -1.84. The van der Waals surface area contributed by atoms with Crippen molar-refractivity contribution in [3.8, 4) is 23.1 Å². The van der Waals surface area contributed by atoms with E-state index in [1.54, 1.807) is 6.20 Å². The van der Waals surface area contributed by atoms with Crippen molar-refractivity contribution in [1.82, 2.24) is 15.2 Å². The topological polar surface area (TPSA) is 41.6 Å². The summed E-state index contributed by atoms with van der Waals surface area (Å²) in [5, 5.41) is 8.06. The van der Waals surface area contributed by atoms with Gasteiger partial charge in [-0.15, -0.1) is 0 Å². The van der Waals surface area contributed by atoms with Gasteiger partial charge < -0.3 is 0 Å². The van der Waals surface area contributed by atoms with Crippen molar-refractivity contribution in [1.29, 1.82) is 0 Å². The van der Waals surface area contributed by atoms with Crippen LogP contribution in [0.1, 0.15) is 17.8 Å². The molecular weight excluding hydrogens is 294 g/mol. The van der Waals surface area contributed by atoms with Crippen LogP contribution < -0.4 is 0 Å². The second kappa shape index (κ2) is 6.93. The fourth-order valence-corrected chi connectivity index (χ4v) is 2.32. The van der Waals surface area contributed by atoms with E-state index in [2.05, 4.69) is 27.0 Å². The molecule has 3 rings (SSSR count). The number of halogens is 1. The van der Waals surface area contributed by atoms with Crippen LogP contribution in [0.3, 0.4) is 0 Å². The average Bonchev–Trinajstić information content (AvgIpc) is 3.02. The minimum absolute atomic E-state index is 0.704. The van der Waals surface area contributed by atoms with Gasteiger partial charge in [-0.25, -0.2) is 4.98 Å². The Balaban J connectivity index is 1.64. The molecule has 0 unspecified atom stereocenters. The molecule has 3 aromatic rings. The van der Waals surface area contributed by atoms with Crippen LogP contribution in [0.15, 0.2) is 54.7 Å². The highest BCUT2D eigenvalue weighted by atomic mass is 35.5. The third-order valence-electron chi connectivity index (χ3n) is 3.18. The Morgan fingerprint density at radius 1 is 1.09 bits per heavy atom. The van der Waals surface area contributed by atoms with Gasteiger partial charge in [-0.1, -0.05) is 41.8 Å². The summed E-state index contributed by atoms with van der Waals surface area (Å²) in [6.07, 6.45) is 3.31. The lowest BCUT2D eigenvalue weighted by molar-refractivity contribution is 0.929. The van der Waals surface area contributed by atoms with Crippen molar-refractivity contribution in [2.75, 3.05) is 0 Å². The minimum atomic E-state index is 0.704. The van der Waals surface area contributed by atoms with Crippen LogP contribution in [0.25, 0.3) is 11.3 Å². The Labute approximate surface area is 134 Å². The van der Waals surface area contributed by atoms with E-state index < -0.39 is 0 Å².